The van der Waals surface area contributed by atoms with E-state index in [9.17, 15) is 9.59 Å². The molecule has 0 aliphatic carbocycles. The Kier molecular flexibility index (Phi) is 5.46. The minimum atomic E-state index is -0.230. The number of thiophene rings is 1. The van der Waals surface area contributed by atoms with Gasteiger partial charge in [-0.05, 0) is 24.6 Å². The molecule has 8 nitrogen and oxygen atoms in total. The van der Waals surface area contributed by atoms with Gasteiger partial charge in [0.2, 0.25) is 11.0 Å². The van der Waals surface area contributed by atoms with Crippen molar-refractivity contribution in [2.24, 2.45) is 0 Å². The zero-order chi connectivity index (χ0) is 19.5. The van der Waals surface area contributed by atoms with Crippen molar-refractivity contribution in [3.63, 3.8) is 0 Å². The predicted molar refractivity (Wildman–Crippen MR) is 111 cm³/mol. The van der Waals surface area contributed by atoms with E-state index in [0.29, 0.717) is 27.0 Å². The fourth-order valence-corrected chi connectivity index (χ4v) is 4.74. The lowest BCUT2D eigenvalue weighted by Crippen LogP contribution is -2.24. The normalized spacial score (nSPS) is 11.0. The molecule has 0 bridgehead atoms. The third kappa shape index (κ3) is 4.11. The summed E-state index contributed by atoms with van der Waals surface area (Å²) in [4.78, 5) is 35.7. The van der Waals surface area contributed by atoms with E-state index < -0.39 is 0 Å². The van der Waals surface area contributed by atoms with Crippen LogP contribution < -0.4 is 10.9 Å². The van der Waals surface area contributed by atoms with Crippen molar-refractivity contribution in [3.8, 4) is 0 Å². The van der Waals surface area contributed by atoms with Gasteiger partial charge >= 0.3 is 0 Å². The van der Waals surface area contributed by atoms with Crippen molar-refractivity contribution >= 4 is 55.7 Å². The number of hydrogen-bond donors (Lipinski definition) is 1. The SMILES string of the molecule is Cc1cc2c(=O)n(Cc3cccnc3)c(SCC(=O)Nc3nncs3)nc2s1. The van der Waals surface area contributed by atoms with Crippen LogP contribution in [0.15, 0.2) is 46.1 Å². The zero-order valence-electron chi connectivity index (χ0n) is 14.7. The van der Waals surface area contributed by atoms with Gasteiger partial charge < -0.3 is 0 Å². The molecule has 1 N–H and O–H groups in total. The number of aromatic nitrogens is 5. The number of thioether (sulfide) groups is 1. The topological polar surface area (TPSA) is 103 Å². The smallest absolute Gasteiger partial charge is 0.263 e. The average molecular weight is 431 g/mol. The van der Waals surface area contributed by atoms with Crippen molar-refractivity contribution in [1.82, 2.24) is 24.7 Å². The van der Waals surface area contributed by atoms with Crippen molar-refractivity contribution < 1.29 is 4.79 Å². The zero-order valence-corrected chi connectivity index (χ0v) is 17.1. The van der Waals surface area contributed by atoms with Crippen molar-refractivity contribution in [3.05, 3.63) is 56.9 Å². The van der Waals surface area contributed by atoms with Crippen LogP contribution in [0, 0.1) is 6.92 Å². The highest BCUT2D eigenvalue weighted by atomic mass is 32.2. The number of nitrogens with zero attached hydrogens (tertiary/aromatic N) is 5. The van der Waals surface area contributed by atoms with Crippen LogP contribution in [0.3, 0.4) is 0 Å². The molecule has 4 aromatic heterocycles. The van der Waals surface area contributed by atoms with Gasteiger partial charge in [0.05, 0.1) is 17.7 Å². The number of pyridine rings is 1. The number of fused-ring (bicyclic) bond motifs is 1. The third-order valence-electron chi connectivity index (χ3n) is 3.74. The highest BCUT2D eigenvalue weighted by Gasteiger charge is 2.16. The monoisotopic (exact) mass is 430 g/mol. The summed E-state index contributed by atoms with van der Waals surface area (Å²) < 4.78 is 1.59. The van der Waals surface area contributed by atoms with Gasteiger partial charge in [-0.3, -0.25) is 24.5 Å². The van der Waals surface area contributed by atoms with Gasteiger partial charge in [0.15, 0.2) is 5.16 Å². The number of nitrogens with one attached hydrogen (secondary N) is 1. The Morgan fingerprint density at radius 3 is 3.04 bits per heavy atom. The Hall–Kier alpha value is -2.63. The lowest BCUT2D eigenvalue weighted by atomic mass is 10.3. The first kappa shape index (κ1) is 18.7. The summed E-state index contributed by atoms with van der Waals surface area (Å²) in [6, 6.07) is 5.58. The van der Waals surface area contributed by atoms with E-state index in [2.05, 4.69) is 25.5 Å². The van der Waals surface area contributed by atoms with Crippen molar-refractivity contribution in [2.45, 2.75) is 18.6 Å². The maximum atomic E-state index is 13.0. The number of carbonyl (C=O) groups excluding carboxylic acids is 1. The van der Waals surface area contributed by atoms with Crippen molar-refractivity contribution in [2.75, 3.05) is 11.1 Å². The minimum absolute atomic E-state index is 0.106. The molecule has 4 rings (SSSR count). The van der Waals surface area contributed by atoms with Gasteiger partial charge in [-0.1, -0.05) is 29.2 Å². The summed E-state index contributed by atoms with van der Waals surface area (Å²) in [5.41, 5.74) is 2.31. The molecular formula is C17H14N6O2S3. The second-order valence-corrected chi connectivity index (χ2v) is 8.81. The van der Waals surface area contributed by atoms with Crippen LogP contribution in [0.5, 0.6) is 0 Å². The maximum absolute atomic E-state index is 13.0. The molecule has 1 amide bonds. The van der Waals surface area contributed by atoms with E-state index in [-0.39, 0.29) is 17.2 Å². The lowest BCUT2D eigenvalue weighted by molar-refractivity contribution is -0.113. The number of rotatable bonds is 6. The lowest BCUT2D eigenvalue weighted by Gasteiger charge is -2.11. The molecule has 4 aromatic rings. The van der Waals surface area contributed by atoms with Crippen molar-refractivity contribution in [1.29, 1.82) is 0 Å². The molecule has 0 radical (unpaired) electrons. The van der Waals surface area contributed by atoms with E-state index >= 15 is 0 Å². The summed E-state index contributed by atoms with van der Waals surface area (Å²) in [6.45, 7) is 2.28. The Bertz CT molecular complexity index is 1170. The van der Waals surface area contributed by atoms with Gasteiger partial charge in [0.25, 0.3) is 5.56 Å². The second-order valence-electron chi connectivity index (χ2n) is 5.80. The van der Waals surface area contributed by atoms with Gasteiger partial charge in [0.1, 0.15) is 10.3 Å². The molecule has 0 spiro atoms. The van der Waals surface area contributed by atoms with Crippen LogP contribution in [0.25, 0.3) is 10.2 Å². The summed E-state index contributed by atoms with van der Waals surface area (Å²) in [5.74, 6) is -0.124. The van der Waals surface area contributed by atoms with E-state index in [1.165, 1.54) is 34.4 Å². The molecule has 0 aliphatic rings. The van der Waals surface area contributed by atoms with Gasteiger partial charge in [-0.25, -0.2) is 4.98 Å². The van der Waals surface area contributed by atoms with Gasteiger partial charge in [0, 0.05) is 17.3 Å². The molecule has 0 saturated heterocycles. The molecule has 0 atom stereocenters. The number of carbonyl (C=O) groups is 1. The maximum Gasteiger partial charge on any atom is 0.263 e. The molecule has 0 fully saturated rings. The highest BCUT2D eigenvalue weighted by molar-refractivity contribution is 7.99. The van der Waals surface area contributed by atoms with E-state index in [0.717, 1.165) is 10.4 Å². The van der Waals surface area contributed by atoms with Crippen LogP contribution in [-0.2, 0) is 11.3 Å². The molecule has 11 heteroatoms. The second kappa shape index (κ2) is 8.17. The summed E-state index contributed by atoms with van der Waals surface area (Å²) in [7, 11) is 0. The fraction of sp³-hybridized carbons (Fsp3) is 0.176. The van der Waals surface area contributed by atoms with Gasteiger partial charge in [-0.15, -0.1) is 21.5 Å². The molecule has 4 heterocycles. The highest BCUT2D eigenvalue weighted by Crippen LogP contribution is 2.25. The Labute approximate surface area is 171 Å². The Balaban J connectivity index is 1.64. The van der Waals surface area contributed by atoms with Crippen LogP contribution in [0.4, 0.5) is 5.13 Å². The molecule has 0 aromatic carbocycles. The molecule has 28 heavy (non-hydrogen) atoms. The summed E-state index contributed by atoms with van der Waals surface area (Å²) in [5, 5.41) is 11.7. The minimum Gasteiger partial charge on any atom is -0.300 e. The largest absolute Gasteiger partial charge is 0.300 e. The standard InChI is InChI=1S/C17H14N6O2S3/c1-10-5-12-14(28-10)21-17(26-8-13(24)20-16-22-19-9-27-16)23(15(12)25)7-11-3-2-4-18-6-11/h2-6,9H,7-8H2,1H3,(H,20,22,24). The summed E-state index contributed by atoms with van der Waals surface area (Å²) >= 11 is 3.93. The van der Waals surface area contributed by atoms with E-state index in [1.54, 1.807) is 22.5 Å². The molecule has 0 saturated carbocycles. The fourth-order valence-electron chi connectivity index (χ4n) is 2.55. The first-order valence-electron chi connectivity index (χ1n) is 8.19. The van der Waals surface area contributed by atoms with Crippen LogP contribution in [0.2, 0.25) is 0 Å². The molecule has 0 aliphatic heterocycles. The third-order valence-corrected chi connectivity index (χ3v) is 6.27. The molecule has 142 valence electrons. The predicted octanol–water partition coefficient (Wildman–Crippen LogP) is 2.79. The molecule has 0 unspecified atom stereocenters. The Morgan fingerprint density at radius 1 is 1.39 bits per heavy atom. The van der Waals surface area contributed by atoms with E-state index in [1.807, 2.05) is 25.1 Å². The van der Waals surface area contributed by atoms with Gasteiger partial charge in [-0.2, -0.15) is 0 Å². The average Bonchev–Trinajstić information content (AvgIpc) is 3.32. The number of hydrogen-bond acceptors (Lipinski definition) is 9. The first-order valence-corrected chi connectivity index (χ1v) is 10.9. The van der Waals surface area contributed by atoms with E-state index in [4.69, 9.17) is 0 Å². The first-order chi connectivity index (χ1) is 13.6. The quantitative estimate of drug-likeness (QED) is 0.371. The summed E-state index contributed by atoms with van der Waals surface area (Å²) in [6.07, 6.45) is 3.40. The Morgan fingerprint density at radius 2 is 2.29 bits per heavy atom. The van der Waals surface area contributed by atoms with Crippen LogP contribution >= 0.6 is 34.4 Å². The number of anilines is 1. The molecular weight excluding hydrogens is 416 g/mol. The number of aryl methyl sites for hydroxylation is 1. The van der Waals surface area contributed by atoms with Crippen LogP contribution in [-0.4, -0.2) is 36.4 Å². The van der Waals surface area contributed by atoms with Crippen LogP contribution in [0.1, 0.15) is 10.4 Å². The number of amides is 1.